The van der Waals surface area contributed by atoms with E-state index >= 15 is 0 Å². The van der Waals surface area contributed by atoms with Crippen LogP contribution in [0, 0.1) is 5.82 Å². The highest BCUT2D eigenvalue weighted by atomic mass is 79.9. The molecule has 0 radical (unpaired) electrons. The Hall–Kier alpha value is -1.30. The first-order valence-corrected chi connectivity index (χ1v) is 7.27. The number of benzene rings is 2. The lowest BCUT2D eigenvalue weighted by Gasteiger charge is -2.19. The molecule has 0 bridgehead atoms. The van der Waals surface area contributed by atoms with E-state index in [-0.39, 0.29) is 5.82 Å². The van der Waals surface area contributed by atoms with Crippen molar-refractivity contribution in [2.75, 3.05) is 14.2 Å². The van der Waals surface area contributed by atoms with Gasteiger partial charge in [-0.25, -0.2) is 4.39 Å². The summed E-state index contributed by atoms with van der Waals surface area (Å²) in [5.74, 6) is 0.460. The van der Waals surface area contributed by atoms with Gasteiger partial charge < -0.3 is 15.2 Å². The largest absolute Gasteiger partial charge is 0.495 e. The van der Waals surface area contributed by atoms with Crippen molar-refractivity contribution >= 4 is 27.5 Å². The Balaban J connectivity index is 2.55. The summed E-state index contributed by atoms with van der Waals surface area (Å²) in [6.07, 6.45) is 0. The van der Waals surface area contributed by atoms with Gasteiger partial charge >= 0.3 is 0 Å². The van der Waals surface area contributed by atoms with Crippen molar-refractivity contribution in [1.82, 2.24) is 0 Å². The summed E-state index contributed by atoms with van der Waals surface area (Å²) in [6, 6.07) is 7.30. The highest BCUT2D eigenvalue weighted by molar-refractivity contribution is 9.10. The molecule has 0 aliphatic heterocycles. The van der Waals surface area contributed by atoms with Crippen molar-refractivity contribution in [2.45, 2.75) is 6.04 Å². The molecule has 2 rings (SSSR count). The Labute approximate surface area is 135 Å². The monoisotopic (exact) mass is 373 g/mol. The van der Waals surface area contributed by atoms with E-state index in [1.165, 1.54) is 20.3 Å². The van der Waals surface area contributed by atoms with Gasteiger partial charge in [-0.3, -0.25) is 0 Å². The number of halogens is 3. The minimum Gasteiger partial charge on any atom is -0.495 e. The number of methoxy groups -OCH3 is 2. The molecule has 112 valence electrons. The smallest absolute Gasteiger partial charge is 0.146 e. The van der Waals surface area contributed by atoms with Crippen molar-refractivity contribution in [3.05, 3.63) is 56.8 Å². The predicted molar refractivity (Wildman–Crippen MR) is 84.7 cm³/mol. The van der Waals surface area contributed by atoms with Crippen LogP contribution in [0.2, 0.25) is 5.02 Å². The number of hydrogen-bond donors (Lipinski definition) is 1. The minimum atomic E-state index is -0.708. The van der Waals surface area contributed by atoms with Crippen molar-refractivity contribution < 1.29 is 13.9 Å². The molecule has 0 fully saturated rings. The average Bonchev–Trinajstić information content (AvgIpc) is 2.48. The summed E-state index contributed by atoms with van der Waals surface area (Å²) < 4.78 is 25.2. The molecule has 0 spiro atoms. The van der Waals surface area contributed by atoms with Crippen molar-refractivity contribution in [2.24, 2.45) is 5.73 Å². The van der Waals surface area contributed by atoms with Crippen LogP contribution in [0.4, 0.5) is 4.39 Å². The van der Waals surface area contributed by atoms with E-state index < -0.39 is 6.04 Å². The lowest BCUT2D eigenvalue weighted by Crippen LogP contribution is -2.15. The maximum atomic E-state index is 14.0. The van der Waals surface area contributed by atoms with Crippen LogP contribution in [0.3, 0.4) is 0 Å². The molecule has 21 heavy (non-hydrogen) atoms. The highest BCUT2D eigenvalue weighted by Crippen LogP contribution is 2.40. The Morgan fingerprint density at radius 3 is 2.48 bits per heavy atom. The van der Waals surface area contributed by atoms with Crippen LogP contribution in [-0.2, 0) is 0 Å². The zero-order valence-electron chi connectivity index (χ0n) is 11.5. The van der Waals surface area contributed by atoms with Crippen LogP contribution >= 0.6 is 27.5 Å². The van der Waals surface area contributed by atoms with E-state index in [0.717, 1.165) is 4.47 Å². The number of ether oxygens (including phenoxy) is 2. The molecule has 6 heteroatoms. The molecule has 0 heterocycles. The van der Waals surface area contributed by atoms with E-state index in [1.54, 1.807) is 24.3 Å². The molecule has 0 saturated heterocycles. The predicted octanol–water partition coefficient (Wildman–Crippen LogP) is 4.31. The molecule has 1 atom stereocenters. The molecule has 0 aliphatic rings. The summed E-state index contributed by atoms with van der Waals surface area (Å²) in [6.45, 7) is 0. The van der Waals surface area contributed by atoms with Gasteiger partial charge in [-0.05, 0) is 30.3 Å². The molecule has 0 aromatic heterocycles. The van der Waals surface area contributed by atoms with E-state index in [2.05, 4.69) is 15.9 Å². The first kappa shape index (κ1) is 16.1. The normalized spacial score (nSPS) is 12.1. The van der Waals surface area contributed by atoms with Crippen LogP contribution in [-0.4, -0.2) is 14.2 Å². The quantitative estimate of drug-likeness (QED) is 0.867. The lowest BCUT2D eigenvalue weighted by atomic mass is 9.98. The molecule has 1 unspecified atom stereocenters. The summed E-state index contributed by atoms with van der Waals surface area (Å²) >= 11 is 9.52. The van der Waals surface area contributed by atoms with E-state index in [9.17, 15) is 4.39 Å². The van der Waals surface area contributed by atoms with Crippen molar-refractivity contribution in [3.8, 4) is 11.5 Å². The van der Waals surface area contributed by atoms with Gasteiger partial charge in [0.25, 0.3) is 0 Å². The van der Waals surface area contributed by atoms with Gasteiger partial charge in [0.15, 0.2) is 0 Å². The summed E-state index contributed by atoms with van der Waals surface area (Å²) in [7, 11) is 2.99. The van der Waals surface area contributed by atoms with Crippen LogP contribution in [0.15, 0.2) is 34.8 Å². The average molecular weight is 375 g/mol. The lowest BCUT2D eigenvalue weighted by molar-refractivity contribution is 0.390. The molecule has 0 amide bonds. The molecule has 2 aromatic carbocycles. The number of nitrogens with two attached hydrogens (primary N) is 1. The Kier molecular flexibility index (Phi) is 5.08. The molecular weight excluding hydrogens is 361 g/mol. The standard InChI is InChI=1S/C15H14BrClFNO2/c1-20-12-6-4-9(15(21-2)13(12)17)14(19)10-7-8(16)3-5-11(10)18/h3-7,14H,19H2,1-2H3. The molecule has 0 aliphatic carbocycles. The van der Waals surface area contributed by atoms with Gasteiger partial charge in [0.2, 0.25) is 0 Å². The van der Waals surface area contributed by atoms with Crippen LogP contribution in [0.1, 0.15) is 17.2 Å². The van der Waals surface area contributed by atoms with E-state index in [4.69, 9.17) is 26.8 Å². The molecule has 3 nitrogen and oxygen atoms in total. The fraction of sp³-hybridized carbons (Fsp3) is 0.200. The van der Waals surface area contributed by atoms with Gasteiger partial charge in [0, 0.05) is 15.6 Å². The van der Waals surface area contributed by atoms with Crippen LogP contribution in [0.5, 0.6) is 11.5 Å². The molecular formula is C15H14BrClFNO2. The fourth-order valence-corrected chi connectivity index (χ4v) is 2.79. The number of rotatable bonds is 4. The fourth-order valence-electron chi connectivity index (χ4n) is 2.08. The zero-order chi connectivity index (χ0) is 15.6. The van der Waals surface area contributed by atoms with Crippen LogP contribution < -0.4 is 15.2 Å². The third-order valence-electron chi connectivity index (χ3n) is 3.14. The van der Waals surface area contributed by atoms with Crippen molar-refractivity contribution in [1.29, 1.82) is 0 Å². The van der Waals surface area contributed by atoms with Gasteiger partial charge in [-0.15, -0.1) is 0 Å². The van der Waals surface area contributed by atoms with Crippen molar-refractivity contribution in [3.63, 3.8) is 0 Å². The van der Waals surface area contributed by atoms with E-state index in [0.29, 0.717) is 27.6 Å². The number of hydrogen-bond acceptors (Lipinski definition) is 3. The summed E-state index contributed by atoms with van der Waals surface area (Å²) in [5, 5.41) is 0.309. The minimum absolute atomic E-state index is 0.309. The second-order valence-electron chi connectivity index (χ2n) is 4.35. The maximum absolute atomic E-state index is 14.0. The Bertz CT molecular complexity index is 666. The maximum Gasteiger partial charge on any atom is 0.146 e. The van der Waals surface area contributed by atoms with Gasteiger partial charge in [0.1, 0.15) is 22.3 Å². The zero-order valence-corrected chi connectivity index (χ0v) is 13.8. The Morgan fingerprint density at radius 1 is 1.14 bits per heavy atom. The second-order valence-corrected chi connectivity index (χ2v) is 5.64. The third-order valence-corrected chi connectivity index (χ3v) is 4.00. The summed E-state index contributed by atoms with van der Waals surface area (Å²) in [5.41, 5.74) is 7.12. The molecule has 0 saturated carbocycles. The van der Waals surface area contributed by atoms with Gasteiger partial charge in [-0.1, -0.05) is 27.5 Å². The van der Waals surface area contributed by atoms with Crippen LogP contribution in [0.25, 0.3) is 0 Å². The Morgan fingerprint density at radius 2 is 1.86 bits per heavy atom. The second kappa shape index (κ2) is 6.64. The SMILES string of the molecule is COc1ccc(C(N)c2cc(Br)ccc2F)c(OC)c1Cl. The van der Waals surface area contributed by atoms with Gasteiger partial charge in [-0.2, -0.15) is 0 Å². The third kappa shape index (κ3) is 3.15. The highest BCUT2D eigenvalue weighted by Gasteiger charge is 2.21. The first-order valence-electron chi connectivity index (χ1n) is 6.10. The summed E-state index contributed by atoms with van der Waals surface area (Å²) in [4.78, 5) is 0. The topological polar surface area (TPSA) is 44.5 Å². The molecule has 2 N–H and O–H groups in total. The van der Waals surface area contributed by atoms with E-state index in [1.807, 2.05) is 0 Å². The molecule has 2 aromatic rings. The van der Waals surface area contributed by atoms with Gasteiger partial charge in [0.05, 0.1) is 20.3 Å². The first-order chi connectivity index (χ1) is 9.99.